The van der Waals surface area contributed by atoms with Crippen LogP contribution in [0.2, 0.25) is 0 Å². The van der Waals surface area contributed by atoms with Crippen LogP contribution in [0.3, 0.4) is 0 Å². The third kappa shape index (κ3) is 3.47. The van der Waals surface area contributed by atoms with Crippen molar-refractivity contribution >= 4 is 11.9 Å². The number of aromatic nitrogens is 2. The van der Waals surface area contributed by atoms with Gasteiger partial charge < -0.3 is 15.4 Å². The molecule has 2 aromatic rings. The van der Waals surface area contributed by atoms with Gasteiger partial charge in [0, 0.05) is 0 Å². The fraction of sp³-hybridized carbons (Fsp3) is 0.267. The predicted octanol–water partition coefficient (Wildman–Crippen LogP) is 2.38. The van der Waals surface area contributed by atoms with Crippen molar-refractivity contribution in [3.05, 3.63) is 53.6 Å². The summed E-state index contributed by atoms with van der Waals surface area (Å²) in [5.74, 6) is -1.69. The summed E-state index contributed by atoms with van der Waals surface area (Å²) in [6.07, 6.45) is 2.87. The van der Waals surface area contributed by atoms with Gasteiger partial charge in [-0.1, -0.05) is 43.7 Å². The van der Waals surface area contributed by atoms with Crippen molar-refractivity contribution in [1.82, 2.24) is 15.3 Å². The second-order valence-electron chi connectivity index (χ2n) is 4.66. The van der Waals surface area contributed by atoms with Crippen molar-refractivity contribution in [3.63, 3.8) is 0 Å². The lowest BCUT2D eigenvalue weighted by Crippen LogP contribution is -2.30. The maximum absolute atomic E-state index is 12.2. The maximum atomic E-state index is 12.2. The minimum atomic E-state index is -1.20. The highest BCUT2D eigenvalue weighted by Crippen LogP contribution is 2.19. The van der Waals surface area contributed by atoms with E-state index in [1.807, 2.05) is 37.3 Å². The fourth-order valence-electron chi connectivity index (χ4n) is 2.15. The highest BCUT2D eigenvalue weighted by molar-refractivity contribution is 6.02. The monoisotopic (exact) mass is 287 g/mol. The summed E-state index contributed by atoms with van der Waals surface area (Å²) in [6, 6.07) is 9.42. The van der Waals surface area contributed by atoms with Crippen LogP contribution in [0.1, 0.15) is 52.3 Å². The minimum absolute atomic E-state index is 0.0977. The summed E-state index contributed by atoms with van der Waals surface area (Å²) in [6.45, 7) is 2.03. The summed E-state index contributed by atoms with van der Waals surface area (Å²) in [7, 11) is 0. The zero-order valence-electron chi connectivity index (χ0n) is 11.7. The molecule has 0 fully saturated rings. The number of benzene rings is 1. The first-order chi connectivity index (χ1) is 10.1. The molecule has 1 atom stereocenters. The van der Waals surface area contributed by atoms with E-state index in [1.54, 1.807) is 0 Å². The molecule has 1 heterocycles. The van der Waals surface area contributed by atoms with Gasteiger partial charge in [0.15, 0.2) is 11.4 Å². The van der Waals surface area contributed by atoms with E-state index in [0.29, 0.717) is 0 Å². The van der Waals surface area contributed by atoms with E-state index >= 15 is 0 Å². The summed E-state index contributed by atoms with van der Waals surface area (Å²) in [4.78, 5) is 29.5. The molecule has 0 aliphatic carbocycles. The van der Waals surface area contributed by atoms with Crippen molar-refractivity contribution < 1.29 is 14.7 Å². The average Bonchev–Trinajstić information content (AvgIpc) is 2.97. The van der Waals surface area contributed by atoms with Crippen molar-refractivity contribution in [1.29, 1.82) is 0 Å². The van der Waals surface area contributed by atoms with Crippen LogP contribution in [-0.4, -0.2) is 27.0 Å². The normalized spacial score (nSPS) is 11.9. The van der Waals surface area contributed by atoms with E-state index in [-0.39, 0.29) is 17.4 Å². The van der Waals surface area contributed by atoms with Gasteiger partial charge in [-0.05, 0) is 12.0 Å². The highest BCUT2D eigenvalue weighted by Gasteiger charge is 2.22. The number of imidazole rings is 1. The Hall–Kier alpha value is -2.63. The highest BCUT2D eigenvalue weighted by atomic mass is 16.4. The van der Waals surface area contributed by atoms with E-state index in [2.05, 4.69) is 15.3 Å². The van der Waals surface area contributed by atoms with Gasteiger partial charge in [0.25, 0.3) is 5.91 Å². The number of aromatic amines is 1. The van der Waals surface area contributed by atoms with Crippen LogP contribution in [-0.2, 0) is 0 Å². The largest absolute Gasteiger partial charge is 0.477 e. The number of carboxylic acid groups (broad SMARTS) is 1. The second kappa shape index (κ2) is 6.69. The van der Waals surface area contributed by atoms with Gasteiger partial charge in [0.2, 0.25) is 0 Å². The molecule has 1 unspecified atom stereocenters. The first-order valence-electron chi connectivity index (χ1n) is 6.76. The average molecular weight is 287 g/mol. The van der Waals surface area contributed by atoms with Crippen LogP contribution in [0, 0.1) is 0 Å². The van der Waals surface area contributed by atoms with Gasteiger partial charge in [0.1, 0.15) is 0 Å². The SMILES string of the molecule is CCCC(NC(=O)c1nc[nH]c1C(=O)O)c1ccccc1. The number of amides is 1. The van der Waals surface area contributed by atoms with Crippen LogP contribution in [0.25, 0.3) is 0 Å². The van der Waals surface area contributed by atoms with Crippen LogP contribution < -0.4 is 5.32 Å². The number of carbonyl (C=O) groups is 2. The van der Waals surface area contributed by atoms with Crippen molar-refractivity contribution in [2.45, 2.75) is 25.8 Å². The second-order valence-corrected chi connectivity index (χ2v) is 4.66. The van der Waals surface area contributed by atoms with Crippen LogP contribution >= 0.6 is 0 Å². The van der Waals surface area contributed by atoms with E-state index in [9.17, 15) is 9.59 Å². The maximum Gasteiger partial charge on any atom is 0.354 e. The van der Waals surface area contributed by atoms with Crippen LogP contribution in [0.4, 0.5) is 0 Å². The van der Waals surface area contributed by atoms with Crippen LogP contribution in [0.5, 0.6) is 0 Å². The third-order valence-corrected chi connectivity index (χ3v) is 3.15. The number of hydrogen-bond donors (Lipinski definition) is 3. The molecule has 0 saturated heterocycles. The lowest BCUT2D eigenvalue weighted by atomic mass is 10.0. The van der Waals surface area contributed by atoms with Gasteiger partial charge >= 0.3 is 5.97 Å². The van der Waals surface area contributed by atoms with Crippen molar-refractivity contribution in [2.24, 2.45) is 0 Å². The quantitative estimate of drug-likeness (QED) is 0.760. The Bertz CT molecular complexity index is 622. The number of H-pyrrole nitrogens is 1. The van der Waals surface area contributed by atoms with Gasteiger partial charge in [0.05, 0.1) is 12.4 Å². The Morgan fingerprint density at radius 1 is 1.33 bits per heavy atom. The summed E-state index contributed by atoms with van der Waals surface area (Å²) >= 11 is 0. The van der Waals surface area contributed by atoms with Gasteiger partial charge in [-0.3, -0.25) is 4.79 Å². The Morgan fingerprint density at radius 2 is 2.05 bits per heavy atom. The van der Waals surface area contributed by atoms with Gasteiger partial charge in [-0.15, -0.1) is 0 Å². The number of aromatic carboxylic acids is 1. The number of carboxylic acids is 1. The smallest absolute Gasteiger partial charge is 0.354 e. The topological polar surface area (TPSA) is 95.1 Å². The molecule has 0 aliphatic heterocycles. The molecular weight excluding hydrogens is 270 g/mol. The molecule has 6 nitrogen and oxygen atoms in total. The Labute approximate surface area is 122 Å². The number of nitrogens with one attached hydrogen (secondary N) is 2. The summed E-state index contributed by atoms with van der Waals surface area (Å²) < 4.78 is 0. The first kappa shape index (κ1) is 14.8. The molecule has 21 heavy (non-hydrogen) atoms. The molecule has 110 valence electrons. The molecule has 6 heteroatoms. The lowest BCUT2D eigenvalue weighted by molar-refractivity contribution is 0.0684. The Morgan fingerprint density at radius 3 is 2.67 bits per heavy atom. The molecule has 1 aromatic carbocycles. The van der Waals surface area contributed by atoms with Crippen molar-refractivity contribution in [3.8, 4) is 0 Å². The molecule has 0 spiro atoms. The number of carbonyl (C=O) groups excluding carboxylic acids is 1. The fourth-order valence-corrected chi connectivity index (χ4v) is 2.15. The standard InChI is InChI=1S/C15H17N3O3/c1-2-6-11(10-7-4-3-5-8-10)18-14(19)12-13(15(20)21)17-9-16-12/h3-5,7-9,11H,2,6H2,1H3,(H,16,17)(H,18,19)(H,20,21). The summed E-state index contributed by atoms with van der Waals surface area (Å²) in [5.41, 5.74) is 0.690. The van der Waals surface area contributed by atoms with Gasteiger partial charge in [-0.2, -0.15) is 0 Å². The van der Waals surface area contributed by atoms with E-state index in [0.717, 1.165) is 18.4 Å². The number of nitrogens with zero attached hydrogens (tertiary/aromatic N) is 1. The molecule has 0 bridgehead atoms. The minimum Gasteiger partial charge on any atom is -0.477 e. The molecule has 1 aromatic heterocycles. The van der Waals surface area contributed by atoms with E-state index in [4.69, 9.17) is 5.11 Å². The van der Waals surface area contributed by atoms with E-state index in [1.165, 1.54) is 6.33 Å². The molecule has 1 amide bonds. The zero-order chi connectivity index (χ0) is 15.2. The predicted molar refractivity (Wildman–Crippen MR) is 77.1 cm³/mol. The lowest BCUT2D eigenvalue weighted by Gasteiger charge is -2.18. The zero-order valence-corrected chi connectivity index (χ0v) is 11.7. The Kier molecular flexibility index (Phi) is 4.71. The number of hydrogen-bond acceptors (Lipinski definition) is 3. The summed E-state index contributed by atoms with van der Waals surface area (Å²) in [5, 5.41) is 11.9. The molecule has 0 radical (unpaired) electrons. The molecule has 0 saturated carbocycles. The molecular formula is C15H17N3O3. The van der Waals surface area contributed by atoms with E-state index < -0.39 is 11.9 Å². The van der Waals surface area contributed by atoms with Crippen molar-refractivity contribution in [2.75, 3.05) is 0 Å². The molecule has 2 rings (SSSR count). The number of rotatable bonds is 6. The van der Waals surface area contributed by atoms with Crippen LogP contribution in [0.15, 0.2) is 36.7 Å². The Balaban J connectivity index is 2.19. The van der Waals surface area contributed by atoms with Gasteiger partial charge in [-0.25, -0.2) is 9.78 Å². The first-order valence-corrected chi connectivity index (χ1v) is 6.76. The third-order valence-electron chi connectivity index (χ3n) is 3.15. The molecule has 0 aliphatic rings. The molecule has 3 N–H and O–H groups in total.